The highest BCUT2D eigenvalue weighted by Crippen LogP contribution is 2.31. The Balaban J connectivity index is 2.31. The lowest BCUT2D eigenvalue weighted by Crippen LogP contribution is -2.20. The van der Waals surface area contributed by atoms with E-state index in [1.54, 1.807) is 12.1 Å². The molecule has 1 aliphatic rings. The number of hydrogen-bond donors (Lipinski definition) is 0. The molecule has 1 fully saturated rings. The smallest absolute Gasteiger partial charge is 0.146 e. The topological polar surface area (TPSA) is 3.24 Å². The molecule has 13 heavy (non-hydrogen) atoms. The van der Waals surface area contributed by atoms with Crippen molar-refractivity contribution >= 4 is 5.69 Å². The number of hydrogen-bond acceptors (Lipinski definition) is 1. The highest BCUT2D eigenvalue weighted by atomic mass is 19.1. The first-order valence-corrected chi connectivity index (χ1v) is 4.67. The first kappa shape index (κ1) is 8.54. The van der Waals surface area contributed by atoms with Gasteiger partial charge in [0.25, 0.3) is 0 Å². The maximum atomic E-state index is 13.4. The van der Waals surface area contributed by atoms with Crippen molar-refractivity contribution in [1.82, 2.24) is 0 Å². The van der Waals surface area contributed by atoms with Crippen LogP contribution in [-0.2, 0) is 0 Å². The molecule has 1 aromatic carbocycles. The average molecular weight is 179 g/mol. The van der Waals surface area contributed by atoms with Crippen LogP contribution >= 0.6 is 0 Å². The fourth-order valence-corrected chi connectivity index (χ4v) is 1.55. The van der Waals surface area contributed by atoms with Crippen molar-refractivity contribution in [2.45, 2.75) is 25.8 Å². The zero-order valence-corrected chi connectivity index (χ0v) is 8.05. The number of halogens is 1. The van der Waals surface area contributed by atoms with Crippen LogP contribution in [0.3, 0.4) is 0 Å². The van der Waals surface area contributed by atoms with Crippen LogP contribution in [-0.4, -0.2) is 13.1 Å². The fourth-order valence-electron chi connectivity index (χ4n) is 1.55. The Kier molecular flexibility index (Phi) is 1.98. The molecule has 0 saturated heterocycles. The Morgan fingerprint density at radius 3 is 2.69 bits per heavy atom. The number of rotatable bonds is 2. The molecule has 0 bridgehead atoms. The van der Waals surface area contributed by atoms with Gasteiger partial charge >= 0.3 is 0 Å². The van der Waals surface area contributed by atoms with Gasteiger partial charge in [-0.25, -0.2) is 4.39 Å². The summed E-state index contributed by atoms with van der Waals surface area (Å²) in [6.45, 7) is 1.99. The van der Waals surface area contributed by atoms with Gasteiger partial charge in [0, 0.05) is 13.1 Å². The molecule has 1 aromatic rings. The Morgan fingerprint density at radius 1 is 1.38 bits per heavy atom. The van der Waals surface area contributed by atoms with Crippen LogP contribution in [0.4, 0.5) is 10.1 Å². The van der Waals surface area contributed by atoms with E-state index in [0.717, 1.165) is 11.3 Å². The lowest BCUT2D eigenvalue weighted by atomic mass is 10.2. The first-order valence-electron chi connectivity index (χ1n) is 4.67. The Morgan fingerprint density at radius 2 is 2.08 bits per heavy atom. The maximum Gasteiger partial charge on any atom is 0.146 e. The summed E-state index contributed by atoms with van der Waals surface area (Å²) in [6.07, 6.45) is 2.40. The van der Waals surface area contributed by atoms with Crippen molar-refractivity contribution in [1.29, 1.82) is 0 Å². The van der Waals surface area contributed by atoms with Crippen molar-refractivity contribution in [3.8, 4) is 0 Å². The van der Waals surface area contributed by atoms with Gasteiger partial charge < -0.3 is 4.90 Å². The van der Waals surface area contributed by atoms with Gasteiger partial charge in [-0.1, -0.05) is 6.07 Å². The maximum absolute atomic E-state index is 13.4. The van der Waals surface area contributed by atoms with Gasteiger partial charge in [-0.2, -0.15) is 0 Å². The second kappa shape index (κ2) is 3.02. The molecule has 0 N–H and O–H groups in total. The fraction of sp³-hybridized carbons (Fsp3) is 0.455. The molecular formula is C11H14FN. The van der Waals surface area contributed by atoms with Gasteiger partial charge in [-0.15, -0.1) is 0 Å². The van der Waals surface area contributed by atoms with E-state index in [2.05, 4.69) is 0 Å². The lowest BCUT2D eigenvalue weighted by Gasteiger charge is -2.19. The summed E-state index contributed by atoms with van der Waals surface area (Å²) in [5.74, 6) is -0.111. The number of nitrogens with zero attached hydrogens (tertiary/aromatic N) is 1. The van der Waals surface area contributed by atoms with E-state index in [1.165, 1.54) is 12.8 Å². The van der Waals surface area contributed by atoms with Crippen LogP contribution in [0.15, 0.2) is 18.2 Å². The van der Waals surface area contributed by atoms with E-state index in [4.69, 9.17) is 0 Å². The summed E-state index contributed by atoms with van der Waals surface area (Å²) in [5.41, 5.74) is 1.85. The van der Waals surface area contributed by atoms with Crippen molar-refractivity contribution < 1.29 is 4.39 Å². The summed E-state index contributed by atoms with van der Waals surface area (Å²) < 4.78 is 13.4. The molecule has 0 atom stereocenters. The predicted octanol–water partition coefficient (Wildman–Crippen LogP) is 2.73. The van der Waals surface area contributed by atoms with E-state index in [9.17, 15) is 4.39 Å². The first-order chi connectivity index (χ1) is 6.18. The van der Waals surface area contributed by atoms with Gasteiger partial charge in [-0.3, -0.25) is 0 Å². The van der Waals surface area contributed by atoms with Crippen molar-refractivity contribution in [2.24, 2.45) is 0 Å². The third-order valence-electron chi connectivity index (χ3n) is 2.58. The molecule has 2 heteroatoms. The number of benzene rings is 1. The van der Waals surface area contributed by atoms with Crippen molar-refractivity contribution in [3.05, 3.63) is 29.6 Å². The van der Waals surface area contributed by atoms with Crippen LogP contribution in [0.5, 0.6) is 0 Å². The molecule has 1 saturated carbocycles. The quantitative estimate of drug-likeness (QED) is 0.674. The normalized spacial score (nSPS) is 15.9. The summed E-state index contributed by atoms with van der Waals surface area (Å²) in [7, 11) is 1.97. The monoisotopic (exact) mass is 179 g/mol. The third kappa shape index (κ3) is 1.67. The Hall–Kier alpha value is -1.05. The largest absolute Gasteiger partial charge is 0.369 e. The zero-order valence-electron chi connectivity index (χ0n) is 8.05. The van der Waals surface area contributed by atoms with E-state index < -0.39 is 0 Å². The van der Waals surface area contributed by atoms with Crippen molar-refractivity contribution in [3.63, 3.8) is 0 Å². The third-order valence-corrected chi connectivity index (χ3v) is 2.58. The van der Waals surface area contributed by atoms with Crippen LogP contribution in [0.1, 0.15) is 18.4 Å². The van der Waals surface area contributed by atoms with Crippen molar-refractivity contribution in [2.75, 3.05) is 11.9 Å². The second-order valence-electron chi connectivity index (χ2n) is 3.80. The van der Waals surface area contributed by atoms with Gasteiger partial charge in [0.1, 0.15) is 5.82 Å². The molecule has 70 valence electrons. The minimum atomic E-state index is -0.111. The lowest BCUT2D eigenvalue weighted by molar-refractivity contribution is 0.621. The summed E-state index contributed by atoms with van der Waals surface area (Å²) in [4.78, 5) is 2.04. The SMILES string of the molecule is Cc1ccc(F)c(N(C)C2CC2)c1. The van der Waals surface area contributed by atoms with E-state index in [1.807, 2.05) is 24.9 Å². The van der Waals surface area contributed by atoms with Crippen LogP contribution < -0.4 is 4.90 Å². The molecular weight excluding hydrogens is 165 g/mol. The molecule has 1 nitrogen and oxygen atoms in total. The van der Waals surface area contributed by atoms with Gasteiger partial charge in [0.15, 0.2) is 0 Å². The van der Waals surface area contributed by atoms with Gasteiger partial charge in [-0.05, 0) is 37.5 Å². The second-order valence-corrected chi connectivity index (χ2v) is 3.80. The standard InChI is InChI=1S/C11H14FN/c1-8-3-6-10(12)11(7-8)13(2)9-4-5-9/h3,6-7,9H,4-5H2,1-2H3. The molecule has 0 spiro atoms. The number of aryl methyl sites for hydroxylation is 1. The van der Waals surface area contributed by atoms with Crippen LogP contribution in [0, 0.1) is 12.7 Å². The van der Waals surface area contributed by atoms with E-state index in [0.29, 0.717) is 6.04 Å². The van der Waals surface area contributed by atoms with E-state index in [-0.39, 0.29) is 5.82 Å². The molecule has 0 unspecified atom stereocenters. The van der Waals surface area contributed by atoms with Gasteiger partial charge in [0.05, 0.1) is 5.69 Å². The minimum Gasteiger partial charge on any atom is -0.369 e. The Bertz CT molecular complexity index is 318. The summed E-state index contributed by atoms with van der Waals surface area (Å²) in [5, 5.41) is 0. The highest BCUT2D eigenvalue weighted by molar-refractivity contribution is 5.50. The molecule has 0 aromatic heterocycles. The summed E-state index contributed by atoms with van der Waals surface area (Å²) in [6, 6.07) is 5.83. The zero-order chi connectivity index (χ0) is 9.42. The molecule has 0 heterocycles. The molecule has 0 amide bonds. The summed E-state index contributed by atoms with van der Waals surface area (Å²) >= 11 is 0. The van der Waals surface area contributed by atoms with E-state index >= 15 is 0 Å². The van der Waals surface area contributed by atoms with Crippen LogP contribution in [0.25, 0.3) is 0 Å². The molecule has 0 radical (unpaired) electrons. The van der Waals surface area contributed by atoms with Gasteiger partial charge in [0.2, 0.25) is 0 Å². The average Bonchev–Trinajstić information content (AvgIpc) is 2.91. The molecule has 0 aliphatic heterocycles. The highest BCUT2D eigenvalue weighted by Gasteiger charge is 2.27. The number of anilines is 1. The Labute approximate surface area is 78.2 Å². The molecule has 2 rings (SSSR count). The molecule has 1 aliphatic carbocycles. The van der Waals surface area contributed by atoms with Crippen LogP contribution in [0.2, 0.25) is 0 Å². The predicted molar refractivity (Wildman–Crippen MR) is 52.6 cm³/mol. The minimum absolute atomic E-state index is 0.111.